The van der Waals surface area contributed by atoms with E-state index < -0.39 is 23.9 Å². The molecule has 1 saturated heterocycles. The molecule has 1 aliphatic heterocycles. The third kappa shape index (κ3) is 2.64. The third-order valence-corrected chi connectivity index (χ3v) is 3.36. The van der Waals surface area contributed by atoms with Gasteiger partial charge in [-0.2, -0.15) is 0 Å². The second-order valence-corrected chi connectivity index (χ2v) is 4.62. The van der Waals surface area contributed by atoms with Crippen LogP contribution in [0.5, 0.6) is 0 Å². The molecule has 6 nitrogen and oxygen atoms in total. The summed E-state index contributed by atoms with van der Waals surface area (Å²) in [6.45, 7) is 0.0167. The van der Waals surface area contributed by atoms with Crippen molar-refractivity contribution in [3.8, 4) is 0 Å². The van der Waals surface area contributed by atoms with Crippen molar-refractivity contribution in [1.82, 2.24) is 4.90 Å². The Labute approximate surface area is 115 Å². The normalized spacial score (nSPS) is 19.8. The number of hydrogen-bond donors (Lipinski definition) is 1. The van der Waals surface area contributed by atoms with Crippen molar-refractivity contribution >= 4 is 17.8 Å². The molecule has 0 aromatic heterocycles. The molecule has 1 fully saturated rings. The first kappa shape index (κ1) is 14.0. The number of ether oxygens (including phenoxy) is 1. The molecular formula is C14H15NO5. The number of methoxy groups -OCH3 is 1. The lowest BCUT2D eigenvalue weighted by Gasteiger charge is -2.26. The summed E-state index contributed by atoms with van der Waals surface area (Å²) in [7, 11) is 1.24. The number of benzene rings is 1. The van der Waals surface area contributed by atoms with Gasteiger partial charge in [0.25, 0.3) is 0 Å². The molecule has 1 heterocycles. The third-order valence-electron chi connectivity index (χ3n) is 3.36. The molecular weight excluding hydrogens is 262 g/mol. The zero-order chi connectivity index (χ0) is 14.7. The minimum absolute atomic E-state index is 0.0167. The van der Waals surface area contributed by atoms with Gasteiger partial charge >= 0.3 is 11.9 Å². The summed E-state index contributed by atoms with van der Waals surface area (Å²) in [5.41, 5.74) is 0.610. The summed E-state index contributed by atoms with van der Waals surface area (Å²) in [6.07, 6.45) is -0.0876. The fraction of sp³-hybridized carbons (Fsp3) is 0.357. The number of esters is 1. The number of carbonyl (C=O) groups is 3. The number of hydrogen-bond acceptors (Lipinski definition) is 4. The molecule has 106 valence electrons. The quantitative estimate of drug-likeness (QED) is 0.824. The molecule has 6 heteroatoms. The molecule has 1 aromatic carbocycles. The number of rotatable bonds is 4. The number of carboxylic acid groups (broad SMARTS) is 1. The topological polar surface area (TPSA) is 83.9 Å². The van der Waals surface area contributed by atoms with Crippen LogP contribution in [0.15, 0.2) is 30.3 Å². The maximum Gasteiger partial charge on any atom is 0.333 e. The van der Waals surface area contributed by atoms with Crippen LogP contribution >= 0.6 is 0 Å². The maximum absolute atomic E-state index is 12.0. The van der Waals surface area contributed by atoms with Gasteiger partial charge < -0.3 is 14.7 Å². The highest BCUT2D eigenvalue weighted by atomic mass is 16.5. The van der Waals surface area contributed by atoms with Crippen molar-refractivity contribution in [2.45, 2.75) is 12.5 Å². The van der Waals surface area contributed by atoms with Crippen molar-refractivity contribution in [1.29, 1.82) is 0 Å². The standard InChI is InChI=1S/C14H15NO5/c1-20-14(19)12(9-5-3-2-4-6-9)15-8-10(13(17)18)7-11(15)16/h2-6,10,12H,7-8H2,1H3,(H,17,18). The largest absolute Gasteiger partial charge is 0.481 e. The summed E-state index contributed by atoms with van der Waals surface area (Å²) >= 11 is 0. The van der Waals surface area contributed by atoms with Crippen molar-refractivity contribution in [3.05, 3.63) is 35.9 Å². The van der Waals surface area contributed by atoms with E-state index in [0.717, 1.165) is 0 Å². The van der Waals surface area contributed by atoms with Gasteiger partial charge in [0.05, 0.1) is 13.0 Å². The van der Waals surface area contributed by atoms with Crippen molar-refractivity contribution < 1.29 is 24.2 Å². The molecule has 2 rings (SSSR count). The molecule has 0 spiro atoms. The van der Waals surface area contributed by atoms with E-state index in [0.29, 0.717) is 5.56 Å². The van der Waals surface area contributed by atoms with Crippen molar-refractivity contribution in [3.63, 3.8) is 0 Å². The molecule has 1 N–H and O–H groups in total. The zero-order valence-electron chi connectivity index (χ0n) is 11.0. The van der Waals surface area contributed by atoms with Crippen LogP contribution in [0.1, 0.15) is 18.0 Å². The highest BCUT2D eigenvalue weighted by Gasteiger charge is 2.41. The number of carbonyl (C=O) groups excluding carboxylic acids is 2. The number of likely N-dealkylation sites (tertiary alicyclic amines) is 1. The van der Waals surface area contributed by atoms with Crippen LogP contribution < -0.4 is 0 Å². The Morgan fingerprint density at radius 3 is 2.50 bits per heavy atom. The van der Waals surface area contributed by atoms with Crippen molar-refractivity contribution in [2.24, 2.45) is 5.92 Å². The van der Waals surface area contributed by atoms with E-state index in [1.54, 1.807) is 30.3 Å². The Kier molecular flexibility index (Phi) is 4.02. The van der Waals surface area contributed by atoms with Crippen LogP contribution in [-0.2, 0) is 19.1 Å². The first-order valence-electron chi connectivity index (χ1n) is 6.19. The molecule has 0 saturated carbocycles. The average Bonchev–Trinajstić information content (AvgIpc) is 2.82. The predicted octanol–water partition coefficient (Wildman–Crippen LogP) is 0.834. The van der Waals surface area contributed by atoms with Crippen LogP contribution in [0.2, 0.25) is 0 Å². The van der Waals surface area contributed by atoms with Gasteiger partial charge in [-0.25, -0.2) is 4.79 Å². The van der Waals surface area contributed by atoms with E-state index in [1.807, 2.05) is 0 Å². The van der Waals surface area contributed by atoms with Gasteiger partial charge in [-0.15, -0.1) is 0 Å². The van der Waals surface area contributed by atoms with Crippen LogP contribution in [0.4, 0.5) is 0 Å². The van der Waals surface area contributed by atoms with E-state index in [4.69, 9.17) is 9.84 Å². The van der Waals surface area contributed by atoms with Crippen LogP contribution in [0.25, 0.3) is 0 Å². The summed E-state index contributed by atoms with van der Waals surface area (Å²) in [5.74, 6) is -2.73. The monoisotopic (exact) mass is 277 g/mol. The second-order valence-electron chi connectivity index (χ2n) is 4.62. The Morgan fingerprint density at radius 2 is 2.00 bits per heavy atom. The van der Waals surface area contributed by atoms with Gasteiger partial charge in [-0.05, 0) is 5.56 Å². The Bertz CT molecular complexity index is 528. The second kappa shape index (κ2) is 5.73. The molecule has 1 amide bonds. The van der Waals surface area contributed by atoms with E-state index in [-0.39, 0.29) is 18.9 Å². The number of nitrogens with zero attached hydrogens (tertiary/aromatic N) is 1. The van der Waals surface area contributed by atoms with Gasteiger partial charge in [0.1, 0.15) is 0 Å². The first-order chi connectivity index (χ1) is 9.54. The lowest BCUT2D eigenvalue weighted by Crippen LogP contribution is -2.36. The predicted molar refractivity (Wildman–Crippen MR) is 68.7 cm³/mol. The van der Waals surface area contributed by atoms with E-state index in [2.05, 4.69) is 0 Å². The molecule has 0 radical (unpaired) electrons. The van der Waals surface area contributed by atoms with Crippen LogP contribution in [0.3, 0.4) is 0 Å². The lowest BCUT2D eigenvalue weighted by atomic mass is 10.1. The van der Waals surface area contributed by atoms with Crippen LogP contribution in [-0.4, -0.2) is 41.5 Å². The minimum Gasteiger partial charge on any atom is -0.481 e. The molecule has 0 bridgehead atoms. The highest BCUT2D eigenvalue weighted by Crippen LogP contribution is 2.29. The summed E-state index contributed by atoms with van der Waals surface area (Å²) in [6, 6.07) is 7.83. The smallest absolute Gasteiger partial charge is 0.333 e. The van der Waals surface area contributed by atoms with Gasteiger partial charge in [-0.3, -0.25) is 9.59 Å². The van der Waals surface area contributed by atoms with E-state index in [1.165, 1.54) is 12.0 Å². The fourth-order valence-electron chi connectivity index (χ4n) is 2.34. The number of aliphatic carboxylic acids is 1. The average molecular weight is 277 g/mol. The highest BCUT2D eigenvalue weighted by molar-refractivity contribution is 5.90. The maximum atomic E-state index is 12.0. The summed E-state index contributed by atoms with van der Waals surface area (Å²) in [4.78, 5) is 36.2. The first-order valence-corrected chi connectivity index (χ1v) is 6.19. The molecule has 1 aliphatic rings. The Hall–Kier alpha value is -2.37. The Balaban J connectivity index is 2.31. The molecule has 2 unspecified atom stereocenters. The van der Waals surface area contributed by atoms with Crippen LogP contribution in [0, 0.1) is 5.92 Å². The summed E-state index contributed by atoms with van der Waals surface area (Å²) in [5, 5.41) is 9.00. The van der Waals surface area contributed by atoms with Gasteiger partial charge in [-0.1, -0.05) is 30.3 Å². The van der Waals surface area contributed by atoms with Gasteiger partial charge in [0, 0.05) is 13.0 Å². The molecule has 20 heavy (non-hydrogen) atoms. The minimum atomic E-state index is -1.03. The number of amides is 1. The van der Waals surface area contributed by atoms with E-state index >= 15 is 0 Å². The molecule has 0 aliphatic carbocycles. The summed E-state index contributed by atoms with van der Waals surface area (Å²) < 4.78 is 4.74. The molecule has 2 atom stereocenters. The van der Waals surface area contributed by atoms with Gasteiger partial charge in [0.15, 0.2) is 6.04 Å². The van der Waals surface area contributed by atoms with Crippen molar-refractivity contribution in [2.75, 3.05) is 13.7 Å². The Morgan fingerprint density at radius 1 is 1.35 bits per heavy atom. The van der Waals surface area contributed by atoms with Gasteiger partial charge in [0.2, 0.25) is 5.91 Å². The zero-order valence-corrected chi connectivity index (χ0v) is 11.0. The van der Waals surface area contributed by atoms with E-state index in [9.17, 15) is 14.4 Å². The lowest BCUT2D eigenvalue weighted by molar-refractivity contribution is -0.151. The number of carboxylic acids is 1. The fourth-order valence-corrected chi connectivity index (χ4v) is 2.34. The SMILES string of the molecule is COC(=O)C(c1ccccc1)N1CC(C(=O)O)CC1=O. The molecule has 1 aromatic rings.